The first-order valence-corrected chi connectivity index (χ1v) is 8.59. The smallest absolute Gasteiger partial charge is 0.244 e. The maximum atomic E-state index is 13.6. The van der Waals surface area contributed by atoms with Crippen LogP contribution in [0.15, 0.2) is 29.2 Å². The second kappa shape index (κ2) is 8.05. The van der Waals surface area contributed by atoms with Crippen molar-refractivity contribution in [2.75, 3.05) is 19.6 Å². The Hall–Kier alpha value is -1.22. The average Bonchev–Trinajstić information content (AvgIpc) is 2.46. The standard InChI is InChI=1S/C14H20FN3O3S.ClH/c1-10-9-16-7-8-18(10)14(19)11(2)17-22(20,21)13-6-4-3-5-12(13)15;/h3-6,10-11,16-17H,7-9H2,1-2H3;1H/t10-,11?;/m1./s1. The van der Waals surface area contributed by atoms with Gasteiger partial charge in [-0.15, -0.1) is 12.4 Å². The lowest BCUT2D eigenvalue weighted by Crippen LogP contribution is -2.57. The molecule has 0 saturated carbocycles. The van der Waals surface area contributed by atoms with Crippen LogP contribution in [0.2, 0.25) is 0 Å². The summed E-state index contributed by atoms with van der Waals surface area (Å²) in [6.07, 6.45) is 0. The van der Waals surface area contributed by atoms with Crippen LogP contribution in [0.1, 0.15) is 13.8 Å². The summed E-state index contributed by atoms with van der Waals surface area (Å²) >= 11 is 0. The number of amides is 1. The molecule has 2 rings (SSSR count). The maximum absolute atomic E-state index is 13.6. The Labute approximate surface area is 141 Å². The van der Waals surface area contributed by atoms with Crippen molar-refractivity contribution >= 4 is 28.3 Å². The van der Waals surface area contributed by atoms with Gasteiger partial charge in [0.05, 0.1) is 6.04 Å². The quantitative estimate of drug-likeness (QED) is 0.824. The van der Waals surface area contributed by atoms with Crippen molar-refractivity contribution in [3.8, 4) is 0 Å². The van der Waals surface area contributed by atoms with Crippen LogP contribution >= 0.6 is 12.4 Å². The molecule has 1 saturated heterocycles. The number of halogens is 2. The molecular weight excluding hydrogens is 345 g/mol. The van der Waals surface area contributed by atoms with E-state index in [1.165, 1.54) is 25.1 Å². The van der Waals surface area contributed by atoms with Crippen LogP contribution in [0.3, 0.4) is 0 Å². The molecule has 1 heterocycles. The number of nitrogens with one attached hydrogen (secondary N) is 2. The van der Waals surface area contributed by atoms with E-state index in [2.05, 4.69) is 10.0 Å². The van der Waals surface area contributed by atoms with E-state index in [-0.39, 0.29) is 24.4 Å². The van der Waals surface area contributed by atoms with Crippen LogP contribution in [-0.4, -0.2) is 50.9 Å². The lowest BCUT2D eigenvalue weighted by Gasteiger charge is -2.35. The second-order valence-corrected chi connectivity index (χ2v) is 7.04. The summed E-state index contributed by atoms with van der Waals surface area (Å²) in [4.78, 5) is 13.6. The molecule has 130 valence electrons. The van der Waals surface area contributed by atoms with E-state index in [1.54, 1.807) is 4.90 Å². The molecule has 6 nitrogen and oxygen atoms in total. The molecule has 1 aliphatic rings. The number of sulfonamides is 1. The molecule has 1 unspecified atom stereocenters. The van der Waals surface area contributed by atoms with Gasteiger partial charge in [0, 0.05) is 25.7 Å². The fraction of sp³-hybridized carbons (Fsp3) is 0.500. The molecular formula is C14H21ClFN3O3S. The second-order valence-electron chi connectivity index (χ2n) is 5.36. The molecule has 23 heavy (non-hydrogen) atoms. The third-order valence-corrected chi connectivity index (χ3v) is 5.19. The van der Waals surface area contributed by atoms with Crippen molar-refractivity contribution in [2.24, 2.45) is 0 Å². The molecule has 1 aromatic carbocycles. The van der Waals surface area contributed by atoms with E-state index in [1.807, 2.05) is 6.92 Å². The van der Waals surface area contributed by atoms with Crippen LogP contribution in [0.5, 0.6) is 0 Å². The Kier molecular flexibility index (Phi) is 6.94. The van der Waals surface area contributed by atoms with Crippen molar-refractivity contribution in [3.63, 3.8) is 0 Å². The number of hydrogen-bond donors (Lipinski definition) is 2. The van der Waals surface area contributed by atoms with Crippen molar-refractivity contribution in [1.82, 2.24) is 14.9 Å². The molecule has 9 heteroatoms. The topological polar surface area (TPSA) is 78.5 Å². The van der Waals surface area contributed by atoms with Crippen molar-refractivity contribution in [1.29, 1.82) is 0 Å². The molecule has 1 fully saturated rings. The zero-order valence-corrected chi connectivity index (χ0v) is 14.6. The predicted molar refractivity (Wildman–Crippen MR) is 87.5 cm³/mol. The van der Waals surface area contributed by atoms with Crippen LogP contribution < -0.4 is 10.0 Å². The summed E-state index contributed by atoms with van der Waals surface area (Å²) < 4.78 is 40.3. The maximum Gasteiger partial charge on any atom is 0.244 e. The third kappa shape index (κ3) is 4.63. The van der Waals surface area contributed by atoms with Gasteiger partial charge in [-0.1, -0.05) is 12.1 Å². The number of benzene rings is 1. The van der Waals surface area contributed by atoms with E-state index < -0.39 is 26.8 Å². The fourth-order valence-electron chi connectivity index (χ4n) is 2.43. The normalized spacial score (nSPS) is 19.8. The number of piperazine rings is 1. The molecule has 0 bridgehead atoms. The van der Waals surface area contributed by atoms with Crippen LogP contribution in [0.25, 0.3) is 0 Å². The number of carbonyl (C=O) groups excluding carboxylic acids is 1. The molecule has 1 aromatic rings. The summed E-state index contributed by atoms with van der Waals surface area (Å²) in [6, 6.07) is 4.11. The first-order valence-electron chi connectivity index (χ1n) is 7.11. The number of hydrogen-bond acceptors (Lipinski definition) is 4. The van der Waals surface area contributed by atoms with Crippen LogP contribution in [-0.2, 0) is 14.8 Å². The predicted octanol–water partition coefficient (Wildman–Crippen LogP) is 0.735. The highest BCUT2D eigenvalue weighted by atomic mass is 35.5. The van der Waals surface area contributed by atoms with Gasteiger partial charge in [0.1, 0.15) is 10.7 Å². The SMILES string of the molecule is CC(NS(=O)(=O)c1ccccc1F)C(=O)N1CCNC[C@H]1C.Cl. The van der Waals surface area contributed by atoms with Gasteiger partial charge in [0.25, 0.3) is 0 Å². The summed E-state index contributed by atoms with van der Waals surface area (Å²) in [6.45, 7) is 5.21. The Morgan fingerprint density at radius 2 is 2.09 bits per heavy atom. The van der Waals surface area contributed by atoms with Gasteiger partial charge < -0.3 is 10.2 Å². The molecule has 0 aliphatic carbocycles. The zero-order valence-electron chi connectivity index (χ0n) is 13.0. The van der Waals surface area contributed by atoms with Crippen LogP contribution in [0.4, 0.5) is 4.39 Å². The highest BCUT2D eigenvalue weighted by molar-refractivity contribution is 7.89. The molecule has 2 atom stereocenters. The Balaban J connectivity index is 0.00000264. The summed E-state index contributed by atoms with van der Waals surface area (Å²) in [5.41, 5.74) is 0. The summed E-state index contributed by atoms with van der Waals surface area (Å²) in [5, 5.41) is 3.16. The van der Waals surface area contributed by atoms with Gasteiger partial charge >= 0.3 is 0 Å². The van der Waals surface area contributed by atoms with Gasteiger partial charge in [0.2, 0.25) is 15.9 Å². The molecule has 0 aromatic heterocycles. The first-order chi connectivity index (χ1) is 10.3. The van der Waals surface area contributed by atoms with Gasteiger partial charge in [-0.05, 0) is 26.0 Å². The Bertz CT molecular complexity index is 656. The lowest BCUT2D eigenvalue weighted by molar-refractivity contribution is -0.135. The van der Waals surface area contributed by atoms with E-state index in [0.29, 0.717) is 19.6 Å². The van der Waals surface area contributed by atoms with E-state index in [9.17, 15) is 17.6 Å². The van der Waals surface area contributed by atoms with E-state index in [4.69, 9.17) is 0 Å². The van der Waals surface area contributed by atoms with Gasteiger partial charge in [0.15, 0.2) is 0 Å². The number of rotatable bonds is 4. The summed E-state index contributed by atoms with van der Waals surface area (Å²) in [7, 11) is -4.08. The molecule has 1 aliphatic heterocycles. The lowest BCUT2D eigenvalue weighted by atomic mass is 10.2. The minimum atomic E-state index is -4.08. The number of nitrogens with zero attached hydrogens (tertiary/aromatic N) is 1. The van der Waals surface area contributed by atoms with Crippen molar-refractivity contribution in [2.45, 2.75) is 30.8 Å². The van der Waals surface area contributed by atoms with Gasteiger partial charge in [-0.3, -0.25) is 4.79 Å². The van der Waals surface area contributed by atoms with Crippen molar-refractivity contribution in [3.05, 3.63) is 30.1 Å². The highest BCUT2D eigenvalue weighted by Gasteiger charge is 2.30. The molecule has 0 radical (unpaired) electrons. The van der Waals surface area contributed by atoms with E-state index >= 15 is 0 Å². The average molecular weight is 366 g/mol. The molecule has 1 amide bonds. The monoisotopic (exact) mass is 365 g/mol. The van der Waals surface area contributed by atoms with Gasteiger partial charge in [-0.25, -0.2) is 12.8 Å². The molecule has 2 N–H and O–H groups in total. The van der Waals surface area contributed by atoms with Crippen molar-refractivity contribution < 1.29 is 17.6 Å². The Morgan fingerprint density at radius 1 is 1.43 bits per heavy atom. The minimum absolute atomic E-state index is 0. The van der Waals surface area contributed by atoms with E-state index in [0.717, 1.165) is 6.07 Å². The third-order valence-electron chi connectivity index (χ3n) is 3.61. The summed E-state index contributed by atoms with van der Waals surface area (Å²) in [5.74, 6) is -1.15. The zero-order chi connectivity index (χ0) is 16.3. The van der Waals surface area contributed by atoms with Gasteiger partial charge in [-0.2, -0.15) is 4.72 Å². The van der Waals surface area contributed by atoms with Crippen LogP contribution in [0, 0.1) is 5.82 Å². The largest absolute Gasteiger partial charge is 0.336 e. The minimum Gasteiger partial charge on any atom is -0.336 e. The molecule has 0 spiro atoms. The fourth-order valence-corrected chi connectivity index (χ4v) is 3.70. The Morgan fingerprint density at radius 3 is 2.70 bits per heavy atom. The highest BCUT2D eigenvalue weighted by Crippen LogP contribution is 2.14. The number of carbonyl (C=O) groups is 1. The first kappa shape index (κ1) is 19.8.